The summed E-state index contributed by atoms with van der Waals surface area (Å²) in [7, 11) is 2.11. The zero-order valence-corrected chi connectivity index (χ0v) is 17.4. The van der Waals surface area contributed by atoms with E-state index in [0.717, 1.165) is 26.2 Å². The molecule has 3 rings (SSSR count). The number of hydrogen-bond acceptors (Lipinski definition) is 2. The molecule has 1 aromatic carbocycles. The third-order valence-electron chi connectivity index (χ3n) is 6.00. The zero-order valence-electron chi connectivity index (χ0n) is 17.4. The molecule has 0 radical (unpaired) electrons. The van der Waals surface area contributed by atoms with Crippen LogP contribution in [0.2, 0.25) is 0 Å². The van der Waals surface area contributed by atoms with E-state index in [0.29, 0.717) is 11.8 Å². The van der Waals surface area contributed by atoms with Gasteiger partial charge in [-0.3, -0.25) is 9.69 Å². The summed E-state index contributed by atoms with van der Waals surface area (Å²) < 4.78 is 2.20. The van der Waals surface area contributed by atoms with Gasteiger partial charge < -0.3 is 9.47 Å². The number of carbonyl (C=O) groups excluding carboxylic acids is 1. The number of aryl methyl sites for hydroxylation is 2. The van der Waals surface area contributed by atoms with Crippen molar-refractivity contribution in [2.75, 3.05) is 19.6 Å². The van der Waals surface area contributed by atoms with Crippen LogP contribution in [0.3, 0.4) is 0 Å². The quantitative estimate of drug-likeness (QED) is 0.777. The van der Waals surface area contributed by atoms with Crippen molar-refractivity contribution in [2.45, 2.75) is 46.2 Å². The van der Waals surface area contributed by atoms with E-state index in [1.807, 2.05) is 4.90 Å². The van der Waals surface area contributed by atoms with Crippen molar-refractivity contribution in [2.24, 2.45) is 13.0 Å². The van der Waals surface area contributed by atoms with Crippen LogP contribution in [0.5, 0.6) is 0 Å². The number of carbonyl (C=O) groups is 1. The number of likely N-dealkylation sites (tertiary alicyclic amines) is 1. The fourth-order valence-corrected chi connectivity index (χ4v) is 4.48. The molecule has 27 heavy (non-hydrogen) atoms. The van der Waals surface area contributed by atoms with Crippen LogP contribution in [0.25, 0.3) is 0 Å². The summed E-state index contributed by atoms with van der Waals surface area (Å²) in [4.78, 5) is 16.8. The molecule has 1 amide bonds. The van der Waals surface area contributed by atoms with Gasteiger partial charge in [0.15, 0.2) is 0 Å². The van der Waals surface area contributed by atoms with Gasteiger partial charge in [0.1, 0.15) is 0 Å². The highest BCUT2D eigenvalue weighted by Gasteiger charge is 2.36. The number of nitrogens with zero attached hydrogens (tertiary/aromatic N) is 3. The Morgan fingerprint density at radius 3 is 2.52 bits per heavy atom. The van der Waals surface area contributed by atoms with Gasteiger partial charge in [-0.2, -0.15) is 0 Å². The van der Waals surface area contributed by atoms with Gasteiger partial charge in [0.2, 0.25) is 5.91 Å². The van der Waals surface area contributed by atoms with Gasteiger partial charge in [0, 0.05) is 64.0 Å². The predicted molar refractivity (Wildman–Crippen MR) is 111 cm³/mol. The van der Waals surface area contributed by atoms with E-state index in [2.05, 4.69) is 79.9 Å². The Bertz CT molecular complexity index is 779. The molecule has 0 spiro atoms. The van der Waals surface area contributed by atoms with Crippen LogP contribution < -0.4 is 0 Å². The SMILES string of the molecule is CC(=O)N(CC1CN(Cc2cccn2C)CC1c1ccccc1C)C(C)C. The van der Waals surface area contributed by atoms with Crippen LogP contribution in [0, 0.1) is 12.8 Å². The molecule has 0 N–H and O–H groups in total. The lowest BCUT2D eigenvalue weighted by molar-refractivity contribution is -0.131. The molecule has 2 heterocycles. The number of rotatable bonds is 6. The first-order valence-electron chi connectivity index (χ1n) is 10.0. The van der Waals surface area contributed by atoms with Gasteiger partial charge in [-0.25, -0.2) is 0 Å². The second-order valence-electron chi connectivity index (χ2n) is 8.29. The number of hydrogen-bond donors (Lipinski definition) is 0. The lowest BCUT2D eigenvalue weighted by Crippen LogP contribution is -2.40. The topological polar surface area (TPSA) is 28.5 Å². The van der Waals surface area contributed by atoms with Gasteiger partial charge in [-0.05, 0) is 49.9 Å². The average molecular weight is 368 g/mol. The Labute approximate surface area is 163 Å². The van der Waals surface area contributed by atoms with Crippen LogP contribution >= 0.6 is 0 Å². The highest BCUT2D eigenvalue weighted by molar-refractivity contribution is 5.73. The Kier molecular flexibility index (Phi) is 6.05. The van der Waals surface area contributed by atoms with Crippen molar-refractivity contribution >= 4 is 5.91 Å². The van der Waals surface area contributed by atoms with E-state index in [1.54, 1.807) is 6.92 Å². The van der Waals surface area contributed by atoms with Crippen molar-refractivity contribution in [3.63, 3.8) is 0 Å². The largest absolute Gasteiger partial charge is 0.353 e. The summed E-state index contributed by atoms with van der Waals surface area (Å²) in [5.74, 6) is 1.10. The molecule has 1 aliphatic heterocycles. The maximum atomic E-state index is 12.2. The normalized spacial score (nSPS) is 20.4. The average Bonchev–Trinajstić information content (AvgIpc) is 3.19. The molecule has 4 heteroatoms. The van der Waals surface area contributed by atoms with E-state index in [1.165, 1.54) is 16.8 Å². The van der Waals surface area contributed by atoms with Crippen LogP contribution in [0.15, 0.2) is 42.6 Å². The fourth-order valence-electron chi connectivity index (χ4n) is 4.48. The van der Waals surface area contributed by atoms with E-state index in [-0.39, 0.29) is 11.9 Å². The Hall–Kier alpha value is -2.07. The monoisotopic (exact) mass is 367 g/mol. The first kappa shape index (κ1) is 19.7. The van der Waals surface area contributed by atoms with Crippen LogP contribution in [0.1, 0.15) is 43.5 Å². The molecular weight excluding hydrogens is 334 g/mol. The van der Waals surface area contributed by atoms with Gasteiger partial charge >= 0.3 is 0 Å². The molecule has 2 aromatic rings. The Morgan fingerprint density at radius 1 is 1.19 bits per heavy atom. The van der Waals surface area contributed by atoms with Crippen molar-refractivity contribution < 1.29 is 4.79 Å². The summed E-state index contributed by atoms with van der Waals surface area (Å²) >= 11 is 0. The molecular formula is C23H33N3O. The van der Waals surface area contributed by atoms with Crippen molar-refractivity contribution in [3.8, 4) is 0 Å². The second-order valence-corrected chi connectivity index (χ2v) is 8.29. The summed E-state index contributed by atoms with van der Waals surface area (Å²) in [6, 6.07) is 13.3. The standard InChI is InChI=1S/C23H33N3O/c1-17(2)26(19(4)27)14-20-13-25(15-21-10-8-12-24(21)5)16-23(20)22-11-7-6-9-18(22)3/h6-12,17,20,23H,13-16H2,1-5H3. The minimum atomic E-state index is 0.175. The second kappa shape index (κ2) is 8.30. The van der Waals surface area contributed by atoms with E-state index >= 15 is 0 Å². The minimum absolute atomic E-state index is 0.175. The highest BCUT2D eigenvalue weighted by atomic mass is 16.2. The molecule has 4 nitrogen and oxygen atoms in total. The smallest absolute Gasteiger partial charge is 0.219 e. The van der Waals surface area contributed by atoms with Crippen molar-refractivity contribution in [3.05, 3.63) is 59.4 Å². The number of amides is 1. The molecule has 1 aliphatic rings. The van der Waals surface area contributed by atoms with Crippen molar-refractivity contribution in [1.82, 2.24) is 14.4 Å². The molecule has 1 saturated heterocycles. The lowest BCUT2D eigenvalue weighted by Gasteiger charge is -2.31. The van der Waals surface area contributed by atoms with E-state index in [4.69, 9.17) is 0 Å². The third kappa shape index (κ3) is 4.44. The molecule has 146 valence electrons. The molecule has 0 saturated carbocycles. The maximum absolute atomic E-state index is 12.2. The third-order valence-corrected chi connectivity index (χ3v) is 6.00. The van der Waals surface area contributed by atoms with Crippen LogP contribution in [0.4, 0.5) is 0 Å². The van der Waals surface area contributed by atoms with Gasteiger partial charge in [-0.15, -0.1) is 0 Å². The Morgan fingerprint density at radius 2 is 1.93 bits per heavy atom. The fraction of sp³-hybridized carbons (Fsp3) is 0.522. The molecule has 2 atom stereocenters. The summed E-state index contributed by atoms with van der Waals surface area (Å²) in [5.41, 5.74) is 4.13. The first-order valence-corrected chi connectivity index (χ1v) is 10.0. The maximum Gasteiger partial charge on any atom is 0.219 e. The first-order chi connectivity index (χ1) is 12.9. The minimum Gasteiger partial charge on any atom is -0.353 e. The molecule has 1 aromatic heterocycles. The molecule has 1 fully saturated rings. The summed E-state index contributed by atoms with van der Waals surface area (Å²) in [6.07, 6.45) is 2.11. The van der Waals surface area contributed by atoms with Crippen LogP contribution in [-0.4, -0.2) is 46.0 Å². The lowest BCUT2D eigenvalue weighted by atomic mass is 9.86. The van der Waals surface area contributed by atoms with Gasteiger partial charge in [-0.1, -0.05) is 24.3 Å². The van der Waals surface area contributed by atoms with Gasteiger partial charge in [0.25, 0.3) is 0 Å². The zero-order chi connectivity index (χ0) is 19.6. The molecule has 2 unspecified atom stereocenters. The highest BCUT2D eigenvalue weighted by Crippen LogP contribution is 2.36. The summed E-state index contributed by atoms with van der Waals surface area (Å²) in [6.45, 7) is 12.0. The van der Waals surface area contributed by atoms with E-state index in [9.17, 15) is 4.79 Å². The molecule has 0 aliphatic carbocycles. The van der Waals surface area contributed by atoms with E-state index < -0.39 is 0 Å². The van der Waals surface area contributed by atoms with Crippen molar-refractivity contribution in [1.29, 1.82) is 0 Å². The summed E-state index contributed by atoms with van der Waals surface area (Å²) in [5, 5.41) is 0. The number of aromatic nitrogens is 1. The Balaban J connectivity index is 1.84. The molecule has 0 bridgehead atoms. The predicted octanol–water partition coefficient (Wildman–Crippen LogP) is 3.81. The van der Waals surface area contributed by atoms with Crippen LogP contribution in [-0.2, 0) is 18.4 Å². The van der Waals surface area contributed by atoms with Gasteiger partial charge in [0.05, 0.1) is 0 Å². The number of benzene rings is 1.